The van der Waals surface area contributed by atoms with Gasteiger partial charge < -0.3 is 10.4 Å². The Hall–Kier alpha value is -0.640. The van der Waals surface area contributed by atoms with Crippen LogP contribution in [0.15, 0.2) is 18.2 Å². The number of hydrogen-bond acceptors (Lipinski definition) is 2. The summed E-state index contributed by atoms with van der Waals surface area (Å²) in [6.45, 7) is 6.12. The lowest BCUT2D eigenvalue weighted by Gasteiger charge is -2.24. The standard InChI is InChI=1S/C13H19ClFNO/c1-8(2)13(16-7-9(3)17)10-5-4-6-11(14)12(10)15/h4-6,8-9,13,16-17H,7H2,1-3H3. The lowest BCUT2D eigenvalue weighted by molar-refractivity contribution is 0.181. The number of aliphatic hydroxyl groups excluding tert-OH is 1. The monoisotopic (exact) mass is 259 g/mol. The molecule has 1 aromatic carbocycles. The zero-order valence-corrected chi connectivity index (χ0v) is 11.1. The lowest BCUT2D eigenvalue weighted by atomic mass is 9.95. The minimum Gasteiger partial charge on any atom is -0.392 e. The number of rotatable bonds is 5. The van der Waals surface area contributed by atoms with Gasteiger partial charge in [0.15, 0.2) is 0 Å². The van der Waals surface area contributed by atoms with Crippen molar-refractivity contribution >= 4 is 11.6 Å². The molecule has 2 N–H and O–H groups in total. The van der Waals surface area contributed by atoms with Crippen molar-refractivity contribution in [3.8, 4) is 0 Å². The van der Waals surface area contributed by atoms with Crippen molar-refractivity contribution in [2.24, 2.45) is 5.92 Å². The van der Waals surface area contributed by atoms with Crippen LogP contribution in [0.25, 0.3) is 0 Å². The van der Waals surface area contributed by atoms with E-state index in [9.17, 15) is 9.50 Å². The summed E-state index contributed by atoms with van der Waals surface area (Å²) in [5.74, 6) is -0.173. The molecule has 0 fully saturated rings. The quantitative estimate of drug-likeness (QED) is 0.852. The van der Waals surface area contributed by atoms with Gasteiger partial charge in [-0.3, -0.25) is 0 Å². The normalized spacial score (nSPS) is 15.0. The molecule has 0 heterocycles. The fraction of sp³-hybridized carbons (Fsp3) is 0.538. The molecule has 0 aliphatic rings. The van der Waals surface area contributed by atoms with Crippen molar-refractivity contribution in [3.05, 3.63) is 34.6 Å². The van der Waals surface area contributed by atoms with Gasteiger partial charge in [0.25, 0.3) is 0 Å². The van der Waals surface area contributed by atoms with Crippen LogP contribution in [0.4, 0.5) is 4.39 Å². The molecule has 2 unspecified atom stereocenters. The molecule has 0 aromatic heterocycles. The minimum atomic E-state index is -0.460. The van der Waals surface area contributed by atoms with E-state index in [1.807, 2.05) is 13.8 Å². The molecule has 2 atom stereocenters. The molecule has 0 aliphatic carbocycles. The molecule has 17 heavy (non-hydrogen) atoms. The zero-order valence-electron chi connectivity index (χ0n) is 10.4. The van der Waals surface area contributed by atoms with E-state index in [2.05, 4.69) is 5.32 Å². The Morgan fingerprint density at radius 2 is 2.00 bits per heavy atom. The van der Waals surface area contributed by atoms with Crippen LogP contribution in [0, 0.1) is 11.7 Å². The summed E-state index contributed by atoms with van der Waals surface area (Å²) in [5.41, 5.74) is 0.549. The second-order valence-corrected chi connectivity index (χ2v) is 5.03. The molecular weight excluding hydrogens is 241 g/mol. The fourth-order valence-corrected chi connectivity index (χ4v) is 1.94. The van der Waals surface area contributed by atoms with Crippen LogP contribution in [0.1, 0.15) is 32.4 Å². The van der Waals surface area contributed by atoms with Crippen molar-refractivity contribution in [2.75, 3.05) is 6.54 Å². The van der Waals surface area contributed by atoms with Crippen LogP contribution in [0.5, 0.6) is 0 Å². The Morgan fingerprint density at radius 1 is 1.35 bits per heavy atom. The minimum absolute atomic E-state index is 0.131. The fourth-order valence-electron chi connectivity index (χ4n) is 1.76. The van der Waals surface area contributed by atoms with Crippen LogP contribution in [0.3, 0.4) is 0 Å². The van der Waals surface area contributed by atoms with Gasteiger partial charge in [-0.2, -0.15) is 0 Å². The van der Waals surface area contributed by atoms with Gasteiger partial charge in [0, 0.05) is 18.2 Å². The highest BCUT2D eigenvalue weighted by Gasteiger charge is 2.20. The van der Waals surface area contributed by atoms with E-state index in [0.29, 0.717) is 12.1 Å². The van der Waals surface area contributed by atoms with Crippen LogP contribution in [0.2, 0.25) is 5.02 Å². The predicted octanol–water partition coefficient (Wildman–Crippen LogP) is 3.15. The smallest absolute Gasteiger partial charge is 0.146 e. The number of halogens is 2. The van der Waals surface area contributed by atoms with Crippen molar-refractivity contribution in [3.63, 3.8) is 0 Å². The summed E-state index contributed by atoms with van der Waals surface area (Å²) in [7, 11) is 0. The maximum Gasteiger partial charge on any atom is 0.146 e. The van der Waals surface area contributed by atoms with Crippen LogP contribution >= 0.6 is 11.6 Å². The second kappa shape index (κ2) is 6.34. The Morgan fingerprint density at radius 3 is 2.53 bits per heavy atom. The zero-order chi connectivity index (χ0) is 13.0. The molecular formula is C13H19ClFNO. The third-order valence-electron chi connectivity index (χ3n) is 2.62. The average molecular weight is 260 g/mol. The highest BCUT2D eigenvalue weighted by Crippen LogP contribution is 2.27. The molecule has 1 aromatic rings. The summed E-state index contributed by atoms with van der Waals surface area (Å²) < 4.78 is 13.9. The number of nitrogens with one attached hydrogen (secondary N) is 1. The Bertz CT molecular complexity index is 368. The highest BCUT2D eigenvalue weighted by molar-refractivity contribution is 6.30. The van der Waals surface area contributed by atoms with Crippen molar-refractivity contribution < 1.29 is 9.50 Å². The van der Waals surface area contributed by atoms with E-state index >= 15 is 0 Å². The number of hydrogen-bond donors (Lipinski definition) is 2. The van der Waals surface area contributed by atoms with E-state index in [1.54, 1.807) is 19.1 Å². The summed E-state index contributed by atoms with van der Waals surface area (Å²) in [4.78, 5) is 0. The molecule has 2 nitrogen and oxygen atoms in total. The molecule has 1 rings (SSSR count). The van der Waals surface area contributed by atoms with Gasteiger partial charge >= 0.3 is 0 Å². The van der Waals surface area contributed by atoms with Crippen molar-refractivity contribution in [1.29, 1.82) is 0 Å². The van der Waals surface area contributed by atoms with E-state index in [-0.39, 0.29) is 22.8 Å². The number of aliphatic hydroxyl groups is 1. The number of benzene rings is 1. The maximum atomic E-state index is 13.9. The molecule has 4 heteroatoms. The maximum absolute atomic E-state index is 13.9. The Kier molecular flexibility index (Phi) is 5.37. The topological polar surface area (TPSA) is 32.3 Å². The van der Waals surface area contributed by atoms with E-state index in [4.69, 9.17) is 11.6 Å². The Balaban J connectivity index is 2.93. The predicted molar refractivity (Wildman–Crippen MR) is 68.7 cm³/mol. The van der Waals surface area contributed by atoms with Crippen LogP contribution in [-0.2, 0) is 0 Å². The lowest BCUT2D eigenvalue weighted by Crippen LogP contribution is -2.32. The average Bonchev–Trinajstić information content (AvgIpc) is 2.23. The first-order valence-corrected chi connectivity index (χ1v) is 6.16. The van der Waals surface area contributed by atoms with Crippen molar-refractivity contribution in [2.45, 2.75) is 32.9 Å². The third-order valence-corrected chi connectivity index (χ3v) is 2.91. The molecule has 0 radical (unpaired) electrons. The molecule has 96 valence electrons. The van der Waals surface area contributed by atoms with Gasteiger partial charge in [-0.1, -0.05) is 37.6 Å². The van der Waals surface area contributed by atoms with E-state index < -0.39 is 6.10 Å². The second-order valence-electron chi connectivity index (χ2n) is 4.62. The van der Waals surface area contributed by atoms with Gasteiger partial charge in [-0.05, 0) is 18.9 Å². The first kappa shape index (κ1) is 14.4. The Labute approximate surface area is 107 Å². The molecule has 0 aliphatic heterocycles. The summed E-state index contributed by atoms with van der Waals surface area (Å²) in [5, 5.41) is 12.6. The SMILES string of the molecule is CC(O)CNC(c1cccc(Cl)c1F)C(C)C. The van der Waals surface area contributed by atoms with E-state index in [1.165, 1.54) is 6.07 Å². The summed E-state index contributed by atoms with van der Waals surface area (Å²) in [6, 6.07) is 4.84. The molecule has 0 saturated carbocycles. The van der Waals surface area contributed by atoms with Crippen LogP contribution < -0.4 is 5.32 Å². The van der Waals surface area contributed by atoms with Crippen LogP contribution in [-0.4, -0.2) is 17.8 Å². The molecule has 0 saturated heterocycles. The van der Waals surface area contributed by atoms with Gasteiger partial charge in [0.05, 0.1) is 11.1 Å². The molecule has 0 bridgehead atoms. The highest BCUT2D eigenvalue weighted by atomic mass is 35.5. The first-order chi connectivity index (χ1) is 7.93. The summed E-state index contributed by atoms with van der Waals surface area (Å²) >= 11 is 5.77. The first-order valence-electron chi connectivity index (χ1n) is 5.78. The van der Waals surface area contributed by atoms with E-state index in [0.717, 1.165) is 0 Å². The van der Waals surface area contributed by atoms with Gasteiger partial charge in [-0.25, -0.2) is 4.39 Å². The van der Waals surface area contributed by atoms with Crippen molar-refractivity contribution in [1.82, 2.24) is 5.32 Å². The van der Waals surface area contributed by atoms with Gasteiger partial charge in [0.2, 0.25) is 0 Å². The third kappa shape index (κ3) is 3.95. The molecule has 0 spiro atoms. The van der Waals surface area contributed by atoms with Gasteiger partial charge in [0.1, 0.15) is 5.82 Å². The van der Waals surface area contributed by atoms with Gasteiger partial charge in [-0.15, -0.1) is 0 Å². The molecule has 0 amide bonds. The summed E-state index contributed by atoms with van der Waals surface area (Å²) in [6.07, 6.45) is -0.460. The largest absolute Gasteiger partial charge is 0.392 e.